The van der Waals surface area contributed by atoms with E-state index in [1.54, 1.807) is 0 Å². The summed E-state index contributed by atoms with van der Waals surface area (Å²) in [5, 5.41) is 10.4. The predicted molar refractivity (Wildman–Crippen MR) is 96.2 cm³/mol. The maximum absolute atomic E-state index is 10.4. The second-order valence-corrected chi connectivity index (χ2v) is 7.67. The van der Waals surface area contributed by atoms with Gasteiger partial charge in [0.05, 0.1) is 6.10 Å². The van der Waals surface area contributed by atoms with Gasteiger partial charge in [-0.1, -0.05) is 65.8 Å². The molecule has 0 aliphatic rings. The Kier molecular flexibility index (Phi) is 8.13. The minimum atomic E-state index is -0.358. The van der Waals surface area contributed by atoms with E-state index < -0.39 is 0 Å². The Morgan fingerprint density at radius 3 is 1.68 bits per heavy atom. The highest BCUT2D eigenvalue weighted by Crippen LogP contribution is 2.21. The molecule has 0 fully saturated rings. The van der Waals surface area contributed by atoms with Gasteiger partial charge in [0.15, 0.2) is 0 Å². The van der Waals surface area contributed by atoms with Crippen LogP contribution in [0.3, 0.4) is 0 Å². The SMILES string of the molecule is CC(C)CN(CCC(O)c1ccc(C(C)C)cc1)CC(C)C. The van der Waals surface area contributed by atoms with E-state index in [1.807, 2.05) is 0 Å². The summed E-state index contributed by atoms with van der Waals surface area (Å²) in [6.07, 6.45) is 0.448. The molecule has 0 aliphatic heterocycles. The summed E-state index contributed by atoms with van der Waals surface area (Å²) in [6, 6.07) is 8.44. The van der Waals surface area contributed by atoms with Gasteiger partial charge in [0.1, 0.15) is 0 Å². The van der Waals surface area contributed by atoms with Gasteiger partial charge in [-0.25, -0.2) is 0 Å². The molecule has 0 heterocycles. The smallest absolute Gasteiger partial charge is 0.0802 e. The molecule has 1 aromatic rings. The fourth-order valence-electron chi connectivity index (χ4n) is 2.86. The van der Waals surface area contributed by atoms with Gasteiger partial charge >= 0.3 is 0 Å². The van der Waals surface area contributed by atoms with E-state index in [0.717, 1.165) is 31.6 Å². The van der Waals surface area contributed by atoms with Crippen molar-refractivity contribution in [2.24, 2.45) is 11.8 Å². The van der Waals surface area contributed by atoms with Crippen LogP contribution in [-0.4, -0.2) is 29.6 Å². The van der Waals surface area contributed by atoms with E-state index in [9.17, 15) is 5.11 Å². The van der Waals surface area contributed by atoms with Crippen LogP contribution in [0.25, 0.3) is 0 Å². The van der Waals surface area contributed by atoms with Gasteiger partial charge in [-0.3, -0.25) is 0 Å². The molecule has 0 radical (unpaired) electrons. The molecule has 1 aromatic carbocycles. The zero-order valence-electron chi connectivity index (χ0n) is 15.3. The van der Waals surface area contributed by atoms with Gasteiger partial charge in [0, 0.05) is 19.6 Å². The Bertz CT molecular complexity index is 398. The molecule has 126 valence electrons. The zero-order valence-corrected chi connectivity index (χ0v) is 15.3. The topological polar surface area (TPSA) is 23.5 Å². The number of rotatable bonds is 9. The second kappa shape index (κ2) is 9.32. The van der Waals surface area contributed by atoms with Gasteiger partial charge < -0.3 is 10.0 Å². The standard InChI is InChI=1S/C20H35NO/c1-15(2)13-21(14-16(3)4)12-11-20(22)19-9-7-18(8-10-19)17(5)6/h7-10,15-17,20,22H,11-14H2,1-6H3. The van der Waals surface area contributed by atoms with Gasteiger partial charge in [0.25, 0.3) is 0 Å². The third-order valence-corrected chi connectivity index (χ3v) is 3.95. The van der Waals surface area contributed by atoms with Crippen molar-refractivity contribution in [3.8, 4) is 0 Å². The summed E-state index contributed by atoms with van der Waals surface area (Å²) in [6.45, 7) is 16.6. The van der Waals surface area contributed by atoms with E-state index in [-0.39, 0.29) is 6.10 Å². The van der Waals surface area contributed by atoms with E-state index in [1.165, 1.54) is 5.56 Å². The highest BCUT2D eigenvalue weighted by molar-refractivity contribution is 5.26. The van der Waals surface area contributed by atoms with Crippen LogP contribution in [-0.2, 0) is 0 Å². The summed E-state index contributed by atoms with van der Waals surface area (Å²) in [4.78, 5) is 2.49. The fourth-order valence-corrected chi connectivity index (χ4v) is 2.86. The first kappa shape index (κ1) is 19.2. The molecule has 0 spiro atoms. The lowest BCUT2D eigenvalue weighted by Gasteiger charge is -2.27. The van der Waals surface area contributed by atoms with Crippen molar-refractivity contribution in [3.63, 3.8) is 0 Å². The number of hydrogen-bond donors (Lipinski definition) is 1. The Hall–Kier alpha value is -0.860. The van der Waals surface area contributed by atoms with E-state index in [2.05, 4.69) is 70.7 Å². The van der Waals surface area contributed by atoms with Crippen LogP contribution in [0.5, 0.6) is 0 Å². The average molecular weight is 306 g/mol. The normalized spacial score (nSPS) is 13.6. The molecule has 0 bridgehead atoms. The summed E-state index contributed by atoms with van der Waals surface area (Å²) < 4.78 is 0. The molecule has 1 N–H and O–H groups in total. The third-order valence-electron chi connectivity index (χ3n) is 3.95. The molecule has 22 heavy (non-hydrogen) atoms. The molecular weight excluding hydrogens is 270 g/mol. The lowest BCUT2D eigenvalue weighted by atomic mass is 9.99. The molecule has 0 saturated carbocycles. The molecule has 1 unspecified atom stereocenters. The van der Waals surface area contributed by atoms with Crippen LogP contribution >= 0.6 is 0 Å². The highest BCUT2D eigenvalue weighted by atomic mass is 16.3. The van der Waals surface area contributed by atoms with E-state index in [0.29, 0.717) is 17.8 Å². The van der Waals surface area contributed by atoms with Crippen LogP contribution in [0.4, 0.5) is 0 Å². The first-order valence-electron chi connectivity index (χ1n) is 8.79. The van der Waals surface area contributed by atoms with Crippen molar-refractivity contribution in [2.45, 2.75) is 60.0 Å². The molecule has 1 atom stereocenters. The Balaban J connectivity index is 2.56. The molecule has 0 amide bonds. The van der Waals surface area contributed by atoms with E-state index >= 15 is 0 Å². The lowest BCUT2D eigenvalue weighted by Crippen LogP contribution is -2.33. The Morgan fingerprint density at radius 1 is 0.818 bits per heavy atom. The minimum Gasteiger partial charge on any atom is -0.388 e. The van der Waals surface area contributed by atoms with Crippen molar-refractivity contribution in [2.75, 3.05) is 19.6 Å². The summed E-state index contributed by atoms with van der Waals surface area (Å²) in [5.74, 6) is 1.88. The summed E-state index contributed by atoms with van der Waals surface area (Å²) >= 11 is 0. The lowest BCUT2D eigenvalue weighted by molar-refractivity contribution is 0.131. The molecule has 2 nitrogen and oxygen atoms in total. The van der Waals surface area contributed by atoms with Crippen LogP contribution in [0, 0.1) is 11.8 Å². The first-order valence-corrected chi connectivity index (χ1v) is 8.79. The van der Waals surface area contributed by atoms with Gasteiger partial charge in [-0.2, -0.15) is 0 Å². The Labute approximate surface area is 137 Å². The first-order chi connectivity index (χ1) is 10.3. The molecule has 2 heteroatoms. The van der Waals surface area contributed by atoms with Crippen LogP contribution < -0.4 is 0 Å². The predicted octanol–water partition coefficient (Wildman–Crippen LogP) is 4.85. The largest absolute Gasteiger partial charge is 0.388 e. The summed E-state index contributed by atoms with van der Waals surface area (Å²) in [7, 11) is 0. The van der Waals surface area contributed by atoms with E-state index in [4.69, 9.17) is 0 Å². The zero-order chi connectivity index (χ0) is 16.7. The molecule has 0 aliphatic carbocycles. The summed E-state index contributed by atoms with van der Waals surface area (Å²) in [5.41, 5.74) is 2.37. The Morgan fingerprint density at radius 2 is 1.27 bits per heavy atom. The van der Waals surface area contributed by atoms with Gasteiger partial charge in [-0.15, -0.1) is 0 Å². The molecular formula is C20H35NO. The molecule has 0 saturated heterocycles. The van der Waals surface area contributed by atoms with Crippen molar-refractivity contribution in [1.29, 1.82) is 0 Å². The molecule has 0 aromatic heterocycles. The van der Waals surface area contributed by atoms with Crippen molar-refractivity contribution in [3.05, 3.63) is 35.4 Å². The number of nitrogens with zero attached hydrogens (tertiary/aromatic N) is 1. The second-order valence-electron chi connectivity index (χ2n) is 7.67. The minimum absolute atomic E-state index is 0.358. The maximum Gasteiger partial charge on any atom is 0.0802 e. The van der Waals surface area contributed by atoms with Crippen LogP contribution in [0.2, 0.25) is 0 Å². The quantitative estimate of drug-likeness (QED) is 0.705. The number of hydrogen-bond acceptors (Lipinski definition) is 2. The maximum atomic E-state index is 10.4. The van der Waals surface area contributed by atoms with Crippen LogP contribution in [0.15, 0.2) is 24.3 Å². The molecule has 1 rings (SSSR count). The van der Waals surface area contributed by atoms with Crippen LogP contribution in [0.1, 0.15) is 71.1 Å². The number of aliphatic hydroxyl groups is 1. The highest BCUT2D eigenvalue weighted by Gasteiger charge is 2.13. The van der Waals surface area contributed by atoms with Crippen molar-refractivity contribution in [1.82, 2.24) is 4.90 Å². The number of aliphatic hydroxyl groups excluding tert-OH is 1. The number of benzene rings is 1. The average Bonchev–Trinajstić information content (AvgIpc) is 2.43. The monoisotopic (exact) mass is 305 g/mol. The van der Waals surface area contributed by atoms with Crippen molar-refractivity contribution >= 4 is 0 Å². The van der Waals surface area contributed by atoms with Gasteiger partial charge in [-0.05, 0) is 35.3 Å². The van der Waals surface area contributed by atoms with Crippen molar-refractivity contribution < 1.29 is 5.11 Å². The fraction of sp³-hybridized carbons (Fsp3) is 0.700. The third kappa shape index (κ3) is 6.93. The van der Waals surface area contributed by atoms with Gasteiger partial charge in [0.2, 0.25) is 0 Å².